The highest BCUT2D eigenvalue weighted by molar-refractivity contribution is 5.22. The molecule has 0 bridgehead atoms. The molecule has 1 aromatic rings. The molecule has 1 aromatic heterocycles. The average molecular weight is 149 g/mol. The molecule has 0 amide bonds. The van der Waals surface area contributed by atoms with Gasteiger partial charge < -0.3 is 0 Å². The van der Waals surface area contributed by atoms with Crippen molar-refractivity contribution >= 4 is 0 Å². The molecule has 0 N–H and O–H groups in total. The van der Waals surface area contributed by atoms with Crippen LogP contribution in [0.1, 0.15) is 30.8 Å². The van der Waals surface area contributed by atoms with Crippen LogP contribution in [0.15, 0.2) is 0 Å². The van der Waals surface area contributed by atoms with Crippen LogP contribution >= 0.6 is 0 Å². The van der Waals surface area contributed by atoms with Crippen molar-refractivity contribution in [2.24, 2.45) is 0 Å². The van der Waals surface area contributed by atoms with E-state index in [-0.39, 0.29) is 0 Å². The van der Waals surface area contributed by atoms with Crippen LogP contribution in [0.4, 0.5) is 0 Å². The molecule has 1 rings (SSSR count). The lowest BCUT2D eigenvalue weighted by atomic mass is 10.1. The molecule has 0 spiro atoms. The zero-order chi connectivity index (χ0) is 8.27. The van der Waals surface area contributed by atoms with Gasteiger partial charge in [0.05, 0.1) is 0 Å². The summed E-state index contributed by atoms with van der Waals surface area (Å²) in [4.78, 5) is 8.14. The van der Waals surface area contributed by atoms with Gasteiger partial charge >= 0.3 is 0 Å². The second-order valence-corrected chi connectivity index (χ2v) is 2.55. The summed E-state index contributed by atoms with van der Waals surface area (Å²) in [5.74, 6) is 0. The van der Waals surface area contributed by atoms with Gasteiger partial charge in [-0.15, -0.1) is 0 Å². The zero-order valence-electron chi connectivity index (χ0n) is 7.31. The topological polar surface area (TPSA) is 25.8 Å². The molecule has 2 heteroatoms. The predicted molar refractivity (Wildman–Crippen MR) is 44.4 cm³/mol. The Morgan fingerprint density at radius 1 is 1.09 bits per heavy atom. The van der Waals surface area contributed by atoms with Gasteiger partial charge in [-0.1, -0.05) is 13.8 Å². The molecule has 0 saturated carbocycles. The van der Waals surface area contributed by atoms with E-state index in [1.165, 1.54) is 5.56 Å². The van der Waals surface area contributed by atoms with Crippen molar-refractivity contribution in [3.05, 3.63) is 23.3 Å². The average Bonchev–Trinajstić information content (AvgIpc) is 2.05. The number of nitrogens with zero attached hydrogens (tertiary/aromatic N) is 2. The van der Waals surface area contributed by atoms with Crippen LogP contribution in [0, 0.1) is 13.3 Å². The van der Waals surface area contributed by atoms with Gasteiger partial charge in [-0.2, -0.15) is 0 Å². The van der Waals surface area contributed by atoms with E-state index in [4.69, 9.17) is 0 Å². The van der Waals surface area contributed by atoms with E-state index in [0.717, 1.165) is 24.2 Å². The third-order valence-electron chi connectivity index (χ3n) is 1.91. The smallest absolute Gasteiger partial charge is 0.198 e. The van der Waals surface area contributed by atoms with Crippen molar-refractivity contribution in [2.75, 3.05) is 0 Å². The highest BCUT2D eigenvalue weighted by Gasteiger charge is 2.02. The molecule has 0 atom stereocenters. The summed E-state index contributed by atoms with van der Waals surface area (Å²) in [7, 11) is 0. The van der Waals surface area contributed by atoms with Gasteiger partial charge in [-0.25, -0.2) is 9.97 Å². The summed E-state index contributed by atoms with van der Waals surface area (Å²) < 4.78 is 0. The standard InChI is InChI=1S/C9H13N2/c1-4-8-7(3)9(5-2)11-6-10-8/h4-5H2,1-3H3. The molecule has 0 fully saturated rings. The molecule has 0 aromatic carbocycles. The van der Waals surface area contributed by atoms with E-state index in [9.17, 15) is 0 Å². The Kier molecular flexibility index (Phi) is 2.58. The van der Waals surface area contributed by atoms with Gasteiger partial charge in [0.1, 0.15) is 0 Å². The molecule has 0 aliphatic rings. The predicted octanol–water partition coefficient (Wildman–Crippen LogP) is 1.71. The number of hydrogen-bond acceptors (Lipinski definition) is 2. The van der Waals surface area contributed by atoms with Crippen LogP contribution in [-0.2, 0) is 12.8 Å². The number of aromatic nitrogens is 2. The highest BCUT2D eigenvalue weighted by atomic mass is 14.8. The highest BCUT2D eigenvalue weighted by Crippen LogP contribution is 2.08. The normalized spacial score (nSPS) is 10.1. The third kappa shape index (κ3) is 1.56. The molecule has 0 unspecified atom stereocenters. The van der Waals surface area contributed by atoms with E-state index >= 15 is 0 Å². The second-order valence-electron chi connectivity index (χ2n) is 2.55. The van der Waals surface area contributed by atoms with Gasteiger partial charge in [0, 0.05) is 11.4 Å². The molecule has 1 heterocycles. The first-order valence-corrected chi connectivity index (χ1v) is 4.02. The lowest BCUT2D eigenvalue weighted by molar-refractivity contribution is 0.898. The van der Waals surface area contributed by atoms with Gasteiger partial charge in [0.25, 0.3) is 0 Å². The Bertz CT molecular complexity index is 221. The largest absolute Gasteiger partial charge is 0.230 e. The summed E-state index contributed by atoms with van der Waals surface area (Å²) >= 11 is 0. The Morgan fingerprint density at radius 3 is 1.91 bits per heavy atom. The summed E-state index contributed by atoms with van der Waals surface area (Å²) in [6.45, 7) is 6.27. The molecule has 11 heavy (non-hydrogen) atoms. The monoisotopic (exact) mass is 149 g/mol. The van der Waals surface area contributed by atoms with Crippen molar-refractivity contribution in [3.63, 3.8) is 0 Å². The van der Waals surface area contributed by atoms with Gasteiger partial charge in [-0.05, 0) is 25.3 Å². The quantitative estimate of drug-likeness (QED) is 0.639. The maximum atomic E-state index is 4.07. The maximum absolute atomic E-state index is 4.07. The Balaban J connectivity index is 3.10. The van der Waals surface area contributed by atoms with Crippen LogP contribution in [0.5, 0.6) is 0 Å². The Hall–Kier alpha value is -0.920. The number of hydrogen-bond donors (Lipinski definition) is 0. The molecular formula is C9H13N2. The fraction of sp³-hybridized carbons (Fsp3) is 0.556. The molecule has 0 aliphatic heterocycles. The van der Waals surface area contributed by atoms with E-state index in [0.29, 0.717) is 0 Å². The fourth-order valence-corrected chi connectivity index (χ4v) is 1.17. The SMILES string of the molecule is CCc1n[c]nc(CC)c1C. The molecule has 2 nitrogen and oxygen atoms in total. The summed E-state index contributed by atoms with van der Waals surface area (Å²) in [6.07, 6.45) is 4.61. The van der Waals surface area contributed by atoms with Gasteiger partial charge in [0.2, 0.25) is 0 Å². The third-order valence-corrected chi connectivity index (χ3v) is 1.91. The molecular weight excluding hydrogens is 136 g/mol. The van der Waals surface area contributed by atoms with Crippen molar-refractivity contribution in [1.82, 2.24) is 9.97 Å². The second kappa shape index (κ2) is 3.46. The van der Waals surface area contributed by atoms with Crippen molar-refractivity contribution < 1.29 is 0 Å². The van der Waals surface area contributed by atoms with Gasteiger partial charge in [0.15, 0.2) is 6.33 Å². The summed E-state index contributed by atoms with van der Waals surface area (Å²) in [6, 6.07) is 0. The minimum absolute atomic E-state index is 0.970. The lowest BCUT2D eigenvalue weighted by Gasteiger charge is -2.03. The van der Waals surface area contributed by atoms with E-state index in [1.54, 1.807) is 0 Å². The van der Waals surface area contributed by atoms with Crippen LogP contribution in [0.2, 0.25) is 0 Å². The van der Waals surface area contributed by atoms with Crippen LogP contribution in [-0.4, -0.2) is 9.97 Å². The Labute approximate surface area is 67.7 Å². The van der Waals surface area contributed by atoms with E-state index in [2.05, 4.69) is 37.1 Å². The minimum atomic E-state index is 0.970. The summed E-state index contributed by atoms with van der Waals surface area (Å²) in [5.41, 5.74) is 3.47. The summed E-state index contributed by atoms with van der Waals surface area (Å²) in [5, 5.41) is 0. The van der Waals surface area contributed by atoms with Crippen LogP contribution in [0.25, 0.3) is 0 Å². The maximum Gasteiger partial charge on any atom is 0.198 e. The number of aryl methyl sites for hydroxylation is 2. The number of rotatable bonds is 2. The molecule has 1 radical (unpaired) electrons. The van der Waals surface area contributed by atoms with Crippen molar-refractivity contribution in [3.8, 4) is 0 Å². The first-order chi connectivity index (χ1) is 5.29. The zero-order valence-corrected chi connectivity index (χ0v) is 7.31. The lowest BCUT2D eigenvalue weighted by Crippen LogP contribution is -1.99. The van der Waals surface area contributed by atoms with E-state index < -0.39 is 0 Å². The van der Waals surface area contributed by atoms with Crippen molar-refractivity contribution in [1.29, 1.82) is 0 Å². The van der Waals surface area contributed by atoms with E-state index in [1.807, 2.05) is 0 Å². The van der Waals surface area contributed by atoms with Crippen LogP contribution < -0.4 is 0 Å². The van der Waals surface area contributed by atoms with Crippen LogP contribution in [0.3, 0.4) is 0 Å². The molecule has 59 valence electrons. The first kappa shape index (κ1) is 8.18. The Morgan fingerprint density at radius 2 is 1.55 bits per heavy atom. The fourth-order valence-electron chi connectivity index (χ4n) is 1.17. The minimum Gasteiger partial charge on any atom is -0.230 e. The molecule has 0 aliphatic carbocycles. The molecule has 0 saturated heterocycles. The van der Waals surface area contributed by atoms with Gasteiger partial charge in [-0.3, -0.25) is 0 Å². The van der Waals surface area contributed by atoms with Crippen molar-refractivity contribution in [2.45, 2.75) is 33.6 Å². The first-order valence-electron chi connectivity index (χ1n) is 4.02.